The highest BCUT2D eigenvalue weighted by Gasteiger charge is 2.27. The minimum absolute atomic E-state index is 0.534. The molecule has 1 aliphatic carbocycles. The molecule has 1 aliphatic rings. The van der Waals surface area contributed by atoms with E-state index in [2.05, 4.69) is 32.7 Å². The van der Waals surface area contributed by atoms with Gasteiger partial charge in [-0.3, -0.25) is 0 Å². The molecule has 0 amide bonds. The smallest absolute Gasteiger partial charge is 0.136 e. The molecule has 0 saturated heterocycles. The fourth-order valence-corrected chi connectivity index (χ4v) is 1.86. The number of anilines is 2. The van der Waals surface area contributed by atoms with Gasteiger partial charge < -0.3 is 15.2 Å². The number of nitrogens with one attached hydrogen (secondary N) is 2. The van der Waals surface area contributed by atoms with Crippen molar-refractivity contribution >= 4 is 11.6 Å². The lowest BCUT2D eigenvalue weighted by Crippen LogP contribution is -2.07. The molecule has 0 bridgehead atoms. The summed E-state index contributed by atoms with van der Waals surface area (Å²) in [7, 11) is 0. The van der Waals surface area contributed by atoms with Crippen LogP contribution in [0.1, 0.15) is 37.2 Å². The van der Waals surface area contributed by atoms with E-state index in [-0.39, 0.29) is 0 Å². The van der Waals surface area contributed by atoms with Crippen LogP contribution in [0.15, 0.2) is 22.9 Å². The number of aromatic nitrogens is 3. The largest absolute Gasteiger partial charge is 0.370 e. The average molecular weight is 259 g/mol. The van der Waals surface area contributed by atoms with Gasteiger partial charge in [-0.1, -0.05) is 5.16 Å². The summed E-state index contributed by atoms with van der Waals surface area (Å²) in [5, 5.41) is 10.4. The van der Waals surface area contributed by atoms with Crippen molar-refractivity contribution < 1.29 is 4.52 Å². The topological polar surface area (TPSA) is 75.9 Å². The van der Waals surface area contributed by atoms with Gasteiger partial charge in [-0.25, -0.2) is 9.97 Å². The summed E-state index contributed by atoms with van der Waals surface area (Å²) < 4.78 is 4.80. The third-order valence-corrected chi connectivity index (χ3v) is 2.99. The van der Waals surface area contributed by atoms with E-state index in [0.29, 0.717) is 12.5 Å². The Kier molecular flexibility index (Phi) is 3.31. The van der Waals surface area contributed by atoms with Crippen LogP contribution in [0.2, 0.25) is 0 Å². The SMILES string of the molecule is CCNc1cc(NCc2ccon2)nc(C2CC2)n1. The molecule has 2 heterocycles. The van der Waals surface area contributed by atoms with Crippen molar-refractivity contribution in [2.45, 2.75) is 32.2 Å². The maximum absolute atomic E-state index is 4.80. The standard InChI is InChI=1S/C13H17N5O/c1-2-14-11-7-12(15-8-10-5-6-19-18-10)17-13(16-11)9-3-4-9/h5-7,9H,2-4,8H2,1H3,(H2,14,15,16,17). The van der Waals surface area contributed by atoms with Crippen LogP contribution in [0.25, 0.3) is 0 Å². The Morgan fingerprint density at radius 3 is 2.68 bits per heavy atom. The van der Waals surface area contributed by atoms with Crippen LogP contribution >= 0.6 is 0 Å². The second kappa shape index (κ2) is 5.26. The van der Waals surface area contributed by atoms with Gasteiger partial charge in [0.15, 0.2) is 0 Å². The van der Waals surface area contributed by atoms with Crippen molar-refractivity contribution in [3.8, 4) is 0 Å². The third-order valence-electron chi connectivity index (χ3n) is 2.99. The summed E-state index contributed by atoms with van der Waals surface area (Å²) in [5.74, 6) is 3.17. The zero-order valence-corrected chi connectivity index (χ0v) is 10.9. The van der Waals surface area contributed by atoms with Crippen LogP contribution in [0, 0.1) is 0 Å². The van der Waals surface area contributed by atoms with Gasteiger partial charge in [0.1, 0.15) is 29.4 Å². The molecule has 0 atom stereocenters. The molecule has 100 valence electrons. The minimum atomic E-state index is 0.534. The van der Waals surface area contributed by atoms with E-state index in [1.807, 2.05) is 12.1 Å². The predicted octanol–water partition coefficient (Wildman–Crippen LogP) is 2.39. The molecular weight excluding hydrogens is 242 g/mol. The molecule has 2 aromatic heterocycles. The molecule has 6 nitrogen and oxygen atoms in total. The van der Waals surface area contributed by atoms with Crippen LogP contribution < -0.4 is 10.6 Å². The Labute approximate surface area is 111 Å². The summed E-state index contributed by atoms with van der Waals surface area (Å²) in [6.45, 7) is 3.51. The van der Waals surface area contributed by atoms with E-state index in [4.69, 9.17) is 4.52 Å². The number of rotatable bonds is 6. The Morgan fingerprint density at radius 1 is 1.26 bits per heavy atom. The molecule has 6 heteroatoms. The molecule has 0 aliphatic heterocycles. The van der Waals surface area contributed by atoms with Crippen molar-refractivity contribution in [1.29, 1.82) is 0 Å². The first-order valence-corrected chi connectivity index (χ1v) is 6.61. The Hall–Kier alpha value is -2.11. The van der Waals surface area contributed by atoms with Crippen molar-refractivity contribution in [3.63, 3.8) is 0 Å². The monoisotopic (exact) mass is 259 g/mol. The van der Waals surface area contributed by atoms with Crippen LogP contribution in [0.3, 0.4) is 0 Å². The maximum atomic E-state index is 4.80. The van der Waals surface area contributed by atoms with Crippen LogP contribution in [-0.4, -0.2) is 21.7 Å². The highest BCUT2D eigenvalue weighted by molar-refractivity contribution is 5.48. The molecule has 0 spiro atoms. The molecule has 0 aromatic carbocycles. The van der Waals surface area contributed by atoms with Crippen LogP contribution in [0.4, 0.5) is 11.6 Å². The van der Waals surface area contributed by atoms with E-state index in [9.17, 15) is 0 Å². The van der Waals surface area contributed by atoms with Gasteiger partial charge >= 0.3 is 0 Å². The van der Waals surface area contributed by atoms with E-state index in [1.165, 1.54) is 12.8 Å². The van der Waals surface area contributed by atoms with Crippen LogP contribution in [-0.2, 0) is 6.54 Å². The fraction of sp³-hybridized carbons (Fsp3) is 0.462. The first-order valence-electron chi connectivity index (χ1n) is 6.61. The maximum Gasteiger partial charge on any atom is 0.136 e. The minimum Gasteiger partial charge on any atom is -0.370 e. The zero-order valence-electron chi connectivity index (χ0n) is 10.9. The van der Waals surface area contributed by atoms with Crippen LogP contribution in [0.5, 0.6) is 0 Å². The zero-order chi connectivity index (χ0) is 13.1. The van der Waals surface area contributed by atoms with Gasteiger partial charge in [0.25, 0.3) is 0 Å². The van der Waals surface area contributed by atoms with Gasteiger partial charge in [0.2, 0.25) is 0 Å². The number of hydrogen-bond donors (Lipinski definition) is 2. The van der Waals surface area contributed by atoms with Crippen molar-refractivity contribution in [1.82, 2.24) is 15.1 Å². The van der Waals surface area contributed by atoms with E-state index in [0.717, 1.165) is 29.7 Å². The highest BCUT2D eigenvalue weighted by atomic mass is 16.5. The second-order valence-electron chi connectivity index (χ2n) is 4.65. The molecular formula is C13H17N5O. The fourth-order valence-electron chi connectivity index (χ4n) is 1.86. The molecule has 2 aromatic rings. The van der Waals surface area contributed by atoms with E-state index in [1.54, 1.807) is 6.26 Å². The quantitative estimate of drug-likeness (QED) is 0.829. The first kappa shape index (κ1) is 12.0. The summed E-state index contributed by atoms with van der Waals surface area (Å²) in [5.41, 5.74) is 0.858. The molecule has 0 unspecified atom stereocenters. The normalized spacial score (nSPS) is 14.4. The molecule has 19 heavy (non-hydrogen) atoms. The predicted molar refractivity (Wildman–Crippen MR) is 72.0 cm³/mol. The molecule has 2 N–H and O–H groups in total. The second-order valence-corrected chi connectivity index (χ2v) is 4.65. The molecule has 0 radical (unpaired) electrons. The van der Waals surface area contributed by atoms with E-state index >= 15 is 0 Å². The summed E-state index contributed by atoms with van der Waals surface area (Å²) in [6, 6.07) is 3.76. The molecule has 1 saturated carbocycles. The Morgan fingerprint density at radius 2 is 2.05 bits per heavy atom. The number of hydrogen-bond acceptors (Lipinski definition) is 6. The summed E-state index contributed by atoms with van der Waals surface area (Å²) >= 11 is 0. The Balaban J connectivity index is 1.74. The van der Waals surface area contributed by atoms with Gasteiger partial charge in [-0.2, -0.15) is 0 Å². The summed E-state index contributed by atoms with van der Waals surface area (Å²) in [4.78, 5) is 9.09. The van der Waals surface area contributed by atoms with Crippen molar-refractivity contribution in [2.75, 3.05) is 17.2 Å². The van der Waals surface area contributed by atoms with E-state index < -0.39 is 0 Å². The van der Waals surface area contributed by atoms with Gasteiger partial charge in [-0.15, -0.1) is 0 Å². The van der Waals surface area contributed by atoms with Crippen molar-refractivity contribution in [2.24, 2.45) is 0 Å². The highest BCUT2D eigenvalue weighted by Crippen LogP contribution is 2.38. The molecule has 3 rings (SSSR count). The Bertz CT molecular complexity index is 536. The van der Waals surface area contributed by atoms with Gasteiger partial charge in [-0.05, 0) is 19.8 Å². The van der Waals surface area contributed by atoms with Crippen molar-refractivity contribution in [3.05, 3.63) is 29.9 Å². The average Bonchev–Trinajstić information content (AvgIpc) is 3.14. The lowest BCUT2D eigenvalue weighted by molar-refractivity contribution is 0.412. The lowest BCUT2D eigenvalue weighted by atomic mass is 10.3. The summed E-state index contributed by atoms with van der Waals surface area (Å²) in [6.07, 6.45) is 3.95. The third kappa shape index (κ3) is 3.01. The lowest BCUT2D eigenvalue weighted by Gasteiger charge is -2.09. The number of nitrogens with zero attached hydrogens (tertiary/aromatic N) is 3. The van der Waals surface area contributed by atoms with Gasteiger partial charge in [0.05, 0.1) is 6.54 Å². The first-order chi connectivity index (χ1) is 9.35. The molecule has 1 fully saturated rings. The van der Waals surface area contributed by atoms with Gasteiger partial charge in [0, 0.05) is 24.6 Å².